The molecule has 1 atom stereocenters. The van der Waals surface area contributed by atoms with Gasteiger partial charge in [0.05, 0.1) is 11.4 Å². The summed E-state index contributed by atoms with van der Waals surface area (Å²) in [5, 5.41) is 0. The van der Waals surface area contributed by atoms with Gasteiger partial charge >= 0.3 is 6.11 Å². The van der Waals surface area contributed by atoms with Crippen LogP contribution in [0.2, 0.25) is 0 Å². The molecular formula is C2H2F3O3S-. The van der Waals surface area contributed by atoms with E-state index in [1.807, 2.05) is 0 Å². The lowest BCUT2D eigenvalue weighted by Crippen LogP contribution is -2.24. The molecule has 0 fully saturated rings. The maximum atomic E-state index is 11.4. The van der Waals surface area contributed by atoms with E-state index in [0.717, 1.165) is 0 Å². The number of rotatable bonds is 3. The van der Waals surface area contributed by atoms with Crippen molar-refractivity contribution >= 4 is 11.4 Å². The van der Waals surface area contributed by atoms with E-state index in [0.29, 0.717) is 0 Å². The largest absolute Gasteiger partial charge is 0.750 e. The Kier molecular flexibility index (Phi) is 3.09. The van der Waals surface area contributed by atoms with Gasteiger partial charge in [-0.3, -0.25) is 0 Å². The van der Waals surface area contributed by atoms with E-state index in [1.54, 1.807) is 0 Å². The molecule has 3 nitrogen and oxygen atoms in total. The van der Waals surface area contributed by atoms with Crippen molar-refractivity contribution in [1.29, 1.82) is 0 Å². The van der Waals surface area contributed by atoms with Crippen molar-refractivity contribution in [3.05, 3.63) is 0 Å². The van der Waals surface area contributed by atoms with Crippen LogP contribution in [0.25, 0.3) is 0 Å². The molecule has 7 heteroatoms. The molecule has 9 heavy (non-hydrogen) atoms. The molecule has 0 heterocycles. The minimum atomic E-state index is -4.22. The monoisotopic (exact) mass is 163 g/mol. The molecule has 56 valence electrons. The molecule has 0 spiro atoms. The molecule has 0 amide bonds. The molecule has 0 saturated heterocycles. The SMILES string of the molecule is O=S([O-])OC(F)(F)CF. The molecular weight excluding hydrogens is 161 g/mol. The summed E-state index contributed by atoms with van der Waals surface area (Å²) in [5.41, 5.74) is 0. The lowest BCUT2D eigenvalue weighted by Gasteiger charge is -2.12. The fraction of sp³-hybridized carbons (Fsp3) is 1.00. The van der Waals surface area contributed by atoms with Crippen LogP contribution in [-0.2, 0) is 15.5 Å². The summed E-state index contributed by atoms with van der Waals surface area (Å²) in [6.07, 6.45) is -4.22. The summed E-state index contributed by atoms with van der Waals surface area (Å²) in [6, 6.07) is 0. The highest BCUT2D eigenvalue weighted by Crippen LogP contribution is 2.15. The highest BCUT2D eigenvalue weighted by molar-refractivity contribution is 7.74. The molecule has 0 aromatic rings. The van der Waals surface area contributed by atoms with Crippen molar-refractivity contribution in [2.24, 2.45) is 0 Å². The van der Waals surface area contributed by atoms with Crippen LogP contribution in [0.1, 0.15) is 0 Å². The Bertz CT molecular complexity index is 116. The summed E-state index contributed by atoms with van der Waals surface area (Å²) in [4.78, 5) is 0. The highest BCUT2D eigenvalue weighted by atomic mass is 32.2. The number of hydrogen-bond donors (Lipinski definition) is 0. The minimum Gasteiger partial charge on any atom is -0.750 e. The van der Waals surface area contributed by atoms with Gasteiger partial charge in [0.15, 0.2) is 6.67 Å². The average molecular weight is 163 g/mol. The zero-order valence-electron chi connectivity index (χ0n) is 3.97. The maximum absolute atomic E-state index is 11.4. The van der Waals surface area contributed by atoms with Crippen molar-refractivity contribution in [2.45, 2.75) is 6.11 Å². The van der Waals surface area contributed by atoms with Crippen LogP contribution in [-0.4, -0.2) is 21.5 Å². The van der Waals surface area contributed by atoms with Crippen LogP contribution in [0.5, 0.6) is 0 Å². The third-order valence-electron chi connectivity index (χ3n) is 0.346. The normalized spacial score (nSPS) is 15.6. The predicted octanol–water partition coefficient (Wildman–Crippen LogP) is 0.359. The van der Waals surface area contributed by atoms with Crippen LogP contribution in [0, 0.1) is 0 Å². The zero-order valence-corrected chi connectivity index (χ0v) is 4.79. The molecule has 0 aliphatic rings. The van der Waals surface area contributed by atoms with Gasteiger partial charge in [0.25, 0.3) is 0 Å². The summed E-state index contributed by atoms with van der Waals surface area (Å²) in [6.45, 7) is -2.15. The lowest BCUT2D eigenvalue weighted by atomic mass is 10.7. The first kappa shape index (κ1) is 8.86. The molecule has 0 aromatic heterocycles. The third-order valence-corrected chi connectivity index (χ3v) is 0.725. The topological polar surface area (TPSA) is 49.4 Å². The summed E-state index contributed by atoms with van der Waals surface area (Å²) in [5.74, 6) is 0. The Morgan fingerprint density at radius 2 is 2.11 bits per heavy atom. The number of halogens is 3. The van der Waals surface area contributed by atoms with E-state index < -0.39 is 24.1 Å². The minimum absolute atomic E-state index is 2.15. The lowest BCUT2D eigenvalue weighted by molar-refractivity contribution is -0.183. The first-order chi connectivity index (χ1) is 3.98. The van der Waals surface area contributed by atoms with Crippen molar-refractivity contribution in [3.63, 3.8) is 0 Å². The number of hydrogen-bond acceptors (Lipinski definition) is 3. The molecule has 0 bridgehead atoms. The van der Waals surface area contributed by atoms with E-state index in [-0.39, 0.29) is 0 Å². The summed E-state index contributed by atoms with van der Waals surface area (Å²) >= 11 is -3.37. The van der Waals surface area contributed by atoms with Gasteiger partial charge in [0.2, 0.25) is 0 Å². The fourth-order valence-corrected chi connectivity index (χ4v) is 0.365. The van der Waals surface area contributed by atoms with Crippen molar-refractivity contribution in [2.75, 3.05) is 6.67 Å². The van der Waals surface area contributed by atoms with Gasteiger partial charge in [0.1, 0.15) is 0 Å². The van der Waals surface area contributed by atoms with Gasteiger partial charge in [-0.1, -0.05) is 0 Å². The van der Waals surface area contributed by atoms with Gasteiger partial charge in [-0.2, -0.15) is 8.78 Å². The standard InChI is InChI=1S/C2H3F3O3S/c3-1-2(4,5)8-9(6)7/h1H2,(H,6,7)/p-1. The van der Waals surface area contributed by atoms with Gasteiger partial charge in [-0.25, -0.2) is 12.8 Å². The second kappa shape index (κ2) is 3.14. The Labute approximate surface area is 51.3 Å². The molecule has 0 radical (unpaired) electrons. The molecule has 0 aromatic carbocycles. The van der Waals surface area contributed by atoms with E-state index in [2.05, 4.69) is 4.18 Å². The Morgan fingerprint density at radius 3 is 2.22 bits per heavy atom. The molecule has 0 rings (SSSR count). The molecule has 0 aliphatic heterocycles. The Morgan fingerprint density at radius 1 is 1.67 bits per heavy atom. The van der Waals surface area contributed by atoms with Crippen LogP contribution < -0.4 is 0 Å². The summed E-state index contributed by atoms with van der Waals surface area (Å²) in [7, 11) is 0. The fourth-order valence-electron chi connectivity index (χ4n) is 0.122. The van der Waals surface area contributed by atoms with Crippen LogP contribution in [0.3, 0.4) is 0 Å². The zero-order chi connectivity index (χ0) is 7.49. The van der Waals surface area contributed by atoms with E-state index in [1.165, 1.54) is 0 Å². The number of alkyl halides is 3. The van der Waals surface area contributed by atoms with Gasteiger partial charge < -0.3 is 4.55 Å². The highest BCUT2D eigenvalue weighted by Gasteiger charge is 2.30. The average Bonchev–Trinajstić information content (AvgIpc) is 1.63. The van der Waals surface area contributed by atoms with E-state index in [9.17, 15) is 21.9 Å². The molecule has 0 N–H and O–H groups in total. The van der Waals surface area contributed by atoms with Gasteiger partial charge in [-0.05, 0) is 0 Å². The maximum Gasteiger partial charge on any atom is 0.395 e. The second-order valence-electron chi connectivity index (χ2n) is 1.06. The second-order valence-corrected chi connectivity index (χ2v) is 1.63. The van der Waals surface area contributed by atoms with E-state index >= 15 is 0 Å². The predicted molar refractivity (Wildman–Crippen MR) is 20.9 cm³/mol. The van der Waals surface area contributed by atoms with Gasteiger partial charge in [-0.15, -0.1) is 0 Å². The molecule has 0 aliphatic carbocycles. The van der Waals surface area contributed by atoms with Crippen molar-refractivity contribution in [1.82, 2.24) is 0 Å². The first-order valence-corrected chi connectivity index (χ1v) is 2.70. The summed E-state index contributed by atoms with van der Waals surface area (Å²) < 4.78 is 55.2. The van der Waals surface area contributed by atoms with Gasteiger partial charge in [0, 0.05) is 0 Å². The van der Waals surface area contributed by atoms with Crippen LogP contribution in [0.4, 0.5) is 13.2 Å². The molecule has 0 saturated carbocycles. The first-order valence-electron chi connectivity index (χ1n) is 1.70. The van der Waals surface area contributed by atoms with Crippen LogP contribution in [0.15, 0.2) is 0 Å². The molecule has 1 unspecified atom stereocenters. The quantitative estimate of drug-likeness (QED) is 0.564. The van der Waals surface area contributed by atoms with Crippen LogP contribution >= 0.6 is 0 Å². The van der Waals surface area contributed by atoms with Crippen molar-refractivity contribution < 1.29 is 26.1 Å². The van der Waals surface area contributed by atoms with E-state index in [4.69, 9.17) is 0 Å². The smallest absolute Gasteiger partial charge is 0.395 e. The Balaban J connectivity index is 3.71. The Hall–Kier alpha value is -0.140. The van der Waals surface area contributed by atoms with Crippen molar-refractivity contribution in [3.8, 4) is 0 Å². The third kappa shape index (κ3) is 4.37.